The molecule has 6 rings (SSSR count). The van der Waals surface area contributed by atoms with Crippen LogP contribution in [0.1, 0.15) is 40.3 Å². The molecule has 2 aromatic carbocycles. The van der Waals surface area contributed by atoms with E-state index in [0.717, 1.165) is 5.39 Å². The highest BCUT2D eigenvalue weighted by Crippen LogP contribution is 2.24. The number of anilines is 1. The van der Waals surface area contributed by atoms with Gasteiger partial charge < -0.3 is 11.1 Å². The summed E-state index contributed by atoms with van der Waals surface area (Å²) in [6, 6.07) is 18.0. The summed E-state index contributed by atoms with van der Waals surface area (Å²) in [4.78, 5) is 36.0. The Morgan fingerprint density at radius 1 is 1.13 bits per heavy atom. The van der Waals surface area contributed by atoms with Gasteiger partial charge in [0.25, 0.3) is 11.5 Å². The fourth-order valence-corrected chi connectivity index (χ4v) is 5.06. The highest BCUT2D eigenvalue weighted by atomic mass is 32.1. The lowest BCUT2D eigenvalue weighted by Gasteiger charge is -2.21. The van der Waals surface area contributed by atoms with Crippen LogP contribution in [0.25, 0.3) is 22.1 Å². The van der Waals surface area contributed by atoms with Gasteiger partial charge in [-0.2, -0.15) is 0 Å². The first-order valence-corrected chi connectivity index (χ1v) is 13.0. The van der Waals surface area contributed by atoms with E-state index in [0.29, 0.717) is 33.7 Å². The third kappa shape index (κ3) is 4.41. The lowest BCUT2D eigenvalue weighted by molar-refractivity contribution is -0.577. The van der Waals surface area contributed by atoms with Gasteiger partial charge in [0.1, 0.15) is 18.1 Å². The Morgan fingerprint density at radius 3 is 2.77 bits per heavy atom. The largest absolute Gasteiger partial charge is 0.382 e. The Labute approximate surface area is 226 Å². The number of carbonyl (C=O) groups excluding carboxylic acids is 1. The Morgan fingerprint density at radius 2 is 1.97 bits per heavy atom. The molecule has 190 valence electrons. The lowest BCUT2D eigenvalue weighted by Crippen LogP contribution is -2.33. The minimum absolute atomic E-state index is 0.195. The Bertz CT molecular complexity index is 1970. The molecule has 4 heterocycles. The summed E-state index contributed by atoms with van der Waals surface area (Å²) in [6.45, 7) is 1.83. The highest BCUT2D eigenvalue weighted by molar-refractivity contribution is 7.07. The molecule has 4 aromatic heterocycles. The average Bonchev–Trinajstić information content (AvgIpc) is 3.59. The summed E-state index contributed by atoms with van der Waals surface area (Å²) in [5, 5.41) is 9.00. The van der Waals surface area contributed by atoms with Crippen LogP contribution in [-0.4, -0.2) is 25.5 Å². The van der Waals surface area contributed by atoms with Gasteiger partial charge in [-0.25, -0.2) is 10.1 Å². The highest BCUT2D eigenvalue weighted by Gasteiger charge is 2.27. The van der Waals surface area contributed by atoms with Crippen molar-refractivity contribution in [2.24, 2.45) is 0 Å². The van der Waals surface area contributed by atoms with Crippen molar-refractivity contribution < 1.29 is 9.31 Å². The number of aromatic nitrogens is 5. The molecule has 0 aliphatic carbocycles. The zero-order chi connectivity index (χ0) is 26.9. The van der Waals surface area contributed by atoms with Gasteiger partial charge in [0.2, 0.25) is 0 Å². The van der Waals surface area contributed by atoms with E-state index >= 15 is 0 Å². The number of benzene rings is 2. The molecule has 1 amide bonds. The Balaban J connectivity index is 1.48. The third-order valence-electron chi connectivity index (χ3n) is 6.35. The van der Waals surface area contributed by atoms with Crippen LogP contribution >= 0.6 is 11.3 Å². The summed E-state index contributed by atoms with van der Waals surface area (Å²) in [7, 11) is 0. The van der Waals surface area contributed by atoms with Crippen LogP contribution in [0.4, 0.5) is 5.82 Å². The van der Waals surface area contributed by atoms with Gasteiger partial charge in [0.15, 0.2) is 11.4 Å². The number of nitrogens with one attached hydrogen (secondary N) is 2. The molecule has 39 heavy (non-hydrogen) atoms. The van der Waals surface area contributed by atoms with Gasteiger partial charge in [0.05, 0.1) is 16.9 Å². The monoisotopic (exact) mass is 532 g/mol. The fraction of sp³-hybridized carbons (Fsp3) is 0.0690. The molecule has 0 fully saturated rings. The maximum absolute atomic E-state index is 14.1. The SMILES string of the molecule is CC(NC(=O)c1c(N)[nH][n+]2cccnc12)c1cc2cccc(C#Cc3cscn3)c2c(=O)n1-c1ccccc1. The number of para-hydroxylation sites is 1. The molecule has 0 saturated heterocycles. The van der Waals surface area contributed by atoms with Crippen LogP contribution in [0, 0.1) is 11.8 Å². The van der Waals surface area contributed by atoms with Gasteiger partial charge >= 0.3 is 5.65 Å². The molecular weight excluding hydrogens is 510 g/mol. The summed E-state index contributed by atoms with van der Waals surface area (Å²) < 4.78 is 3.20. The Kier molecular flexibility index (Phi) is 6.11. The molecule has 9 nitrogen and oxygen atoms in total. The normalized spacial score (nSPS) is 11.7. The lowest BCUT2D eigenvalue weighted by atomic mass is 10.0. The number of H-pyrrole nitrogens is 1. The van der Waals surface area contributed by atoms with E-state index < -0.39 is 11.9 Å². The molecule has 0 saturated carbocycles. The van der Waals surface area contributed by atoms with E-state index in [1.54, 1.807) is 33.1 Å². The van der Waals surface area contributed by atoms with Crippen molar-refractivity contribution >= 4 is 39.5 Å². The predicted molar refractivity (Wildman–Crippen MR) is 150 cm³/mol. The molecule has 0 spiro atoms. The molecule has 1 unspecified atom stereocenters. The number of nitrogens with zero attached hydrogens (tertiary/aromatic N) is 4. The van der Waals surface area contributed by atoms with Crippen LogP contribution in [0.15, 0.2) is 88.7 Å². The molecule has 0 radical (unpaired) electrons. The Hall–Kier alpha value is -5.27. The summed E-state index contributed by atoms with van der Waals surface area (Å²) >= 11 is 1.46. The first-order chi connectivity index (χ1) is 19.0. The molecule has 0 aliphatic heterocycles. The van der Waals surface area contributed by atoms with E-state index in [4.69, 9.17) is 5.73 Å². The molecule has 6 aromatic rings. The summed E-state index contributed by atoms with van der Waals surface area (Å²) in [5.74, 6) is 5.94. The molecule has 0 aliphatic rings. The van der Waals surface area contributed by atoms with Crippen LogP contribution < -0.4 is 21.1 Å². The number of thiazole rings is 1. The average molecular weight is 533 g/mol. The second kappa shape index (κ2) is 9.89. The molecule has 10 heteroatoms. The van der Waals surface area contributed by atoms with E-state index in [-0.39, 0.29) is 16.9 Å². The number of pyridine rings is 1. The molecule has 1 atom stereocenters. The zero-order valence-electron chi connectivity index (χ0n) is 20.8. The van der Waals surface area contributed by atoms with Crippen molar-refractivity contribution in [3.05, 3.63) is 117 Å². The van der Waals surface area contributed by atoms with Gasteiger partial charge in [-0.3, -0.25) is 14.2 Å². The third-order valence-corrected chi connectivity index (χ3v) is 6.93. The first-order valence-electron chi connectivity index (χ1n) is 12.1. The summed E-state index contributed by atoms with van der Waals surface area (Å²) in [5.41, 5.74) is 10.8. The maximum atomic E-state index is 14.1. The topological polar surface area (TPSA) is 123 Å². The number of hydrogen-bond donors (Lipinski definition) is 3. The van der Waals surface area contributed by atoms with Crippen LogP contribution in [0.5, 0.6) is 0 Å². The van der Waals surface area contributed by atoms with E-state index in [1.807, 2.05) is 66.9 Å². The van der Waals surface area contributed by atoms with Gasteiger partial charge in [-0.1, -0.05) is 36.3 Å². The van der Waals surface area contributed by atoms with Gasteiger partial charge in [0, 0.05) is 28.4 Å². The number of aromatic amines is 1. The van der Waals surface area contributed by atoms with Gasteiger partial charge in [-0.05, 0) is 47.5 Å². The van der Waals surface area contributed by atoms with E-state index in [1.165, 1.54) is 11.3 Å². The van der Waals surface area contributed by atoms with Crippen molar-refractivity contribution in [2.45, 2.75) is 13.0 Å². The number of carbonyl (C=O) groups is 1. The number of nitrogen functional groups attached to an aromatic ring is 1. The van der Waals surface area contributed by atoms with Crippen molar-refractivity contribution in [3.63, 3.8) is 0 Å². The molecule has 0 bridgehead atoms. The molecular formula is C29H22N7O2S+. The van der Waals surface area contributed by atoms with Crippen LogP contribution in [0.3, 0.4) is 0 Å². The standard InChI is InChI=1S/C29H21N7O2S/c1-18(33-28(37)25-26(30)34-35-14-6-13-31-27(25)35)23-15-20-8-5-7-19(11-12-21-16-39-17-32-21)24(20)29(38)36(23)22-9-3-2-4-10-22/h2-10,13-18H,1H3,(H3,30,33,34,37)/p+1. The van der Waals surface area contributed by atoms with Crippen molar-refractivity contribution in [1.82, 2.24) is 25.0 Å². The second-order valence-corrected chi connectivity index (χ2v) is 9.57. The fourth-order valence-electron chi connectivity index (χ4n) is 4.57. The maximum Gasteiger partial charge on any atom is 0.362 e. The first kappa shape index (κ1) is 24.1. The second-order valence-electron chi connectivity index (χ2n) is 8.85. The summed E-state index contributed by atoms with van der Waals surface area (Å²) in [6.07, 6.45) is 3.32. The minimum Gasteiger partial charge on any atom is -0.382 e. The smallest absolute Gasteiger partial charge is 0.362 e. The predicted octanol–water partition coefficient (Wildman–Crippen LogP) is 3.38. The van der Waals surface area contributed by atoms with Gasteiger partial charge in [-0.15, -0.1) is 15.9 Å². The number of amides is 1. The van der Waals surface area contributed by atoms with Crippen molar-refractivity contribution in [2.75, 3.05) is 5.73 Å². The number of fused-ring (bicyclic) bond motifs is 2. The zero-order valence-corrected chi connectivity index (χ0v) is 21.6. The minimum atomic E-state index is -0.558. The van der Waals surface area contributed by atoms with Crippen LogP contribution in [0.2, 0.25) is 0 Å². The van der Waals surface area contributed by atoms with Crippen molar-refractivity contribution in [1.29, 1.82) is 0 Å². The number of rotatable bonds is 4. The van der Waals surface area contributed by atoms with E-state index in [9.17, 15) is 9.59 Å². The molecule has 4 N–H and O–H groups in total. The number of hydrogen-bond acceptors (Lipinski definition) is 6. The number of nitrogens with two attached hydrogens (primary N) is 1. The van der Waals surface area contributed by atoms with Crippen molar-refractivity contribution in [3.8, 4) is 17.5 Å². The van der Waals surface area contributed by atoms with Crippen LogP contribution in [-0.2, 0) is 0 Å². The van der Waals surface area contributed by atoms with E-state index in [2.05, 4.69) is 32.2 Å². The quantitative estimate of drug-likeness (QED) is 0.237.